The van der Waals surface area contributed by atoms with E-state index in [1.54, 1.807) is 29.4 Å². The Kier molecular flexibility index (Phi) is 7.79. The Hall–Kier alpha value is -3.18. The first-order chi connectivity index (χ1) is 14.9. The van der Waals surface area contributed by atoms with Crippen LogP contribution in [-0.2, 0) is 13.1 Å². The third-order valence-electron chi connectivity index (χ3n) is 4.43. The molecule has 1 saturated heterocycles. The van der Waals surface area contributed by atoms with Crippen LogP contribution in [0, 0.1) is 10.1 Å². The average molecular weight is 466 g/mol. The third-order valence-corrected chi connectivity index (χ3v) is 4.88. The summed E-state index contributed by atoms with van der Waals surface area (Å²) in [6.45, 7) is 4.26. The summed E-state index contributed by atoms with van der Waals surface area (Å²) >= 11 is 11.4. The van der Waals surface area contributed by atoms with Gasteiger partial charge in [-0.3, -0.25) is 4.99 Å². The van der Waals surface area contributed by atoms with Gasteiger partial charge in [-0.2, -0.15) is 0 Å². The van der Waals surface area contributed by atoms with Crippen LogP contribution >= 0.6 is 23.2 Å². The van der Waals surface area contributed by atoms with Gasteiger partial charge in [-0.1, -0.05) is 35.3 Å². The largest absolute Gasteiger partial charge is 0.370 e. The molecule has 4 heterocycles. The molecule has 2 aromatic heterocycles. The second-order valence-corrected chi connectivity index (χ2v) is 7.42. The lowest BCUT2D eigenvalue weighted by atomic mass is 10.3. The highest BCUT2D eigenvalue weighted by Gasteiger charge is 2.21. The molecule has 2 aliphatic rings. The van der Waals surface area contributed by atoms with Gasteiger partial charge in [-0.15, -0.1) is 0 Å². The quantitative estimate of drug-likeness (QED) is 0.385. The van der Waals surface area contributed by atoms with Crippen molar-refractivity contribution in [1.82, 2.24) is 25.1 Å². The summed E-state index contributed by atoms with van der Waals surface area (Å²) in [6, 6.07) is 7.24. The van der Waals surface area contributed by atoms with Crippen molar-refractivity contribution in [2.75, 3.05) is 26.2 Å². The van der Waals surface area contributed by atoms with E-state index in [2.05, 4.69) is 25.4 Å². The Labute approximate surface area is 188 Å². The van der Waals surface area contributed by atoms with Crippen LogP contribution in [-0.4, -0.2) is 62.9 Å². The number of guanidine groups is 2. The highest BCUT2D eigenvalue weighted by Crippen LogP contribution is 2.10. The zero-order valence-corrected chi connectivity index (χ0v) is 18.0. The Balaban J connectivity index is 0.000000179. The van der Waals surface area contributed by atoms with Crippen molar-refractivity contribution in [1.29, 1.82) is 0 Å². The number of hydrogen-bond donors (Lipinski definition) is 2. The van der Waals surface area contributed by atoms with Gasteiger partial charge >= 0.3 is 0 Å². The molecule has 1 fully saturated rings. The molecule has 4 rings (SSSR count). The first-order valence-corrected chi connectivity index (χ1v) is 10.1. The van der Waals surface area contributed by atoms with Crippen LogP contribution in [0.2, 0.25) is 10.3 Å². The summed E-state index contributed by atoms with van der Waals surface area (Å²) < 4.78 is 0. The van der Waals surface area contributed by atoms with Crippen molar-refractivity contribution in [3.63, 3.8) is 0 Å². The van der Waals surface area contributed by atoms with Gasteiger partial charge in [-0.05, 0) is 23.3 Å². The van der Waals surface area contributed by atoms with Gasteiger partial charge in [0.25, 0.3) is 5.96 Å². The Morgan fingerprint density at radius 2 is 1.68 bits per heavy atom. The zero-order chi connectivity index (χ0) is 22.2. The second-order valence-electron chi connectivity index (χ2n) is 6.65. The molecule has 0 unspecified atom stereocenters. The number of halogens is 2. The molecule has 2 aromatic rings. The highest BCUT2D eigenvalue weighted by atomic mass is 35.5. The topological polar surface area (TPSA) is 138 Å². The fourth-order valence-corrected chi connectivity index (χ4v) is 3.17. The number of nitrogens with two attached hydrogens (primary N) is 1. The van der Waals surface area contributed by atoms with E-state index in [9.17, 15) is 10.1 Å². The fourth-order valence-electron chi connectivity index (χ4n) is 2.95. The van der Waals surface area contributed by atoms with Crippen molar-refractivity contribution < 1.29 is 5.03 Å². The molecule has 31 heavy (non-hydrogen) atoms. The molecule has 0 aromatic carbocycles. The number of hydrogen-bond acceptors (Lipinski definition) is 7. The van der Waals surface area contributed by atoms with Gasteiger partial charge in [0.15, 0.2) is 11.0 Å². The van der Waals surface area contributed by atoms with Crippen LogP contribution in [0.25, 0.3) is 0 Å². The standard InChI is InChI=1S/C9H10ClN5O2.C9H11ClN4/c10-8-2-1-7(5-12-8)6-14-4-3-11-9(14)13-15(16)17;10-8-2-1-7(5-13-8)6-14-4-3-12-9(14)11/h1-2,5H,3-4,6H2,(H,11,13);1-2,5H,3-4,6H2,(H2,11,12). The number of nitrogens with zero attached hydrogens (tertiary/aromatic N) is 7. The van der Waals surface area contributed by atoms with Crippen molar-refractivity contribution in [2.24, 2.45) is 15.8 Å². The third kappa shape index (κ3) is 6.93. The normalized spacial score (nSPS) is 16.6. The Morgan fingerprint density at radius 3 is 2.16 bits per heavy atom. The number of hydrazone groups is 1. The number of aliphatic imine (C=N–C) groups is 1. The van der Waals surface area contributed by atoms with E-state index < -0.39 is 5.03 Å². The summed E-state index contributed by atoms with van der Waals surface area (Å²) in [6.07, 6.45) is 3.40. The summed E-state index contributed by atoms with van der Waals surface area (Å²) in [4.78, 5) is 26.2. The van der Waals surface area contributed by atoms with Gasteiger partial charge in [-0.25, -0.2) is 20.1 Å². The minimum Gasteiger partial charge on any atom is -0.370 e. The molecule has 2 aliphatic heterocycles. The summed E-state index contributed by atoms with van der Waals surface area (Å²) in [5.41, 5.74) is 7.70. The van der Waals surface area contributed by atoms with E-state index in [1.165, 1.54) is 0 Å². The maximum Gasteiger partial charge on any atom is 0.271 e. The molecule has 0 saturated carbocycles. The van der Waals surface area contributed by atoms with Gasteiger partial charge in [0.2, 0.25) is 0 Å². The van der Waals surface area contributed by atoms with Gasteiger partial charge in [0.1, 0.15) is 15.4 Å². The molecule has 0 amide bonds. The minimum atomic E-state index is -0.708. The summed E-state index contributed by atoms with van der Waals surface area (Å²) in [7, 11) is 0. The van der Waals surface area contributed by atoms with Crippen molar-refractivity contribution in [2.45, 2.75) is 13.1 Å². The highest BCUT2D eigenvalue weighted by molar-refractivity contribution is 6.29. The van der Waals surface area contributed by atoms with E-state index in [0.29, 0.717) is 35.9 Å². The van der Waals surface area contributed by atoms with Crippen LogP contribution in [0.4, 0.5) is 0 Å². The van der Waals surface area contributed by atoms with Crippen molar-refractivity contribution in [3.8, 4) is 0 Å². The van der Waals surface area contributed by atoms with Gasteiger partial charge in [0, 0.05) is 45.1 Å². The number of nitrogens with one attached hydrogen (secondary N) is 1. The second kappa shape index (κ2) is 10.7. The Morgan fingerprint density at radius 1 is 1.06 bits per heavy atom. The van der Waals surface area contributed by atoms with Crippen molar-refractivity contribution in [3.05, 3.63) is 68.2 Å². The maximum absolute atomic E-state index is 10.3. The van der Waals surface area contributed by atoms with E-state index in [0.717, 1.165) is 30.8 Å². The van der Waals surface area contributed by atoms with Crippen LogP contribution in [0.5, 0.6) is 0 Å². The average Bonchev–Trinajstić information content (AvgIpc) is 3.34. The molecule has 0 radical (unpaired) electrons. The number of nitro groups is 1. The first kappa shape index (κ1) is 22.5. The predicted octanol–water partition coefficient (Wildman–Crippen LogP) is 1.55. The van der Waals surface area contributed by atoms with Crippen LogP contribution < -0.4 is 11.1 Å². The molecule has 11 nitrogen and oxygen atoms in total. The minimum absolute atomic E-state index is 0.282. The zero-order valence-electron chi connectivity index (χ0n) is 16.5. The molecule has 0 bridgehead atoms. The van der Waals surface area contributed by atoms with Gasteiger partial charge < -0.3 is 20.9 Å². The summed E-state index contributed by atoms with van der Waals surface area (Å²) in [5.74, 6) is 0.893. The molecule has 13 heteroatoms. The number of pyridine rings is 2. The smallest absolute Gasteiger partial charge is 0.271 e. The first-order valence-electron chi connectivity index (χ1n) is 9.38. The lowest BCUT2D eigenvalue weighted by molar-refractivity contribution is -0.485. The van der Waals surface area contributed by atoms with Gasteiger partial charge in [0.05, 0.1) is 6.54 Å². The molecule has 0 aliphatic carbocycles. The Bertz CT molecular complexity index is 952. The lowest BCUT2D eigenvalue weighted by Gasteiger charge is -2.16. The molecule has 0 atom stereocenters. The molecular weight excluding hydrogens is 445 g/mol. The maximum atomic E-state index is 10.3. The predicted molar refractivity (Wildman–Crippen MR) is 118 cm³/mol. The van der Waals surface area contributed by atoms with Crippen LogP contribution in [0.1, 0.15) is 11.1 Å². The molecular formula is C18H21Cl2N9O2. The van der Waals surface area contributed by atoms with Crippen molar-refractivity contribution >= 4 is 35.1 Å². The summed E-state index contributed by atoms with van der Waals surface area (Å²) in [5, 5.41) is 16.7. The molecule has 3 N–H and O–H groups in total. The van der Waals surface area contributed by atoms with E-state index in [-0.39, 0.29) is 5.96 Å². The lowest BCUT2D eigenvalue weighted by Crippen LogP contribution is -2.33. The molecule has 164 valence electrons. The van der Waals surface area contributed by atoms with E-state index >= 15 is 0 Å². The molecule has 0 spiro atoms. The van der Waals surface area contributed by atoms with E-state index in [1.807, 2.05) is 17.0 Å². The monoisotopic (exact) mass is 465 g/mol. The number of rotatable bonds is 5. The fraction of sp³-hybridized carbons (Fsp3) is 0.333. The van der Waals surface area contributed by atoms with E-state index in [4.69, 9.17) is 28.9 Å². The van der Waals surface area contributed by atoms with Crippen LogP contribution in [0.15, 0.2) is 46.8 Å². The van der Waals surface area contributed by atoms with Crippen LogP contribution in [0.3, 0.4) is 0 Å². The SMILES string of the molecule is NC1=NCCN1Cc1ccc(Cl)nc1.O=[N+]([O-])/N=C1\NCCN1Cc1ccc(Cl)nc1. The number of aromatic nitrogens is 2.